The number of benzene rings is 6. The maximum Gasteiger partial charge on any atom is 0.410 e. The van der Waals surface area contributed by atoms with Gasteiger partial charge in [-0.25, -0.2) is 54.3 Å². The molecule has 4 aromatic heterocycles. The number of fused-ring (bicyclic) bond motifs is 2. The summed E-state index contributed by atoms with van der Waals surface area (Å²) in [6, 6.07) is 52.1. The van der Waals surface area contributed by atoms with Crippen LogP contribution in [0.4, 0.5) is 15.5 Å². The number of anilines is 1. The fraction of sp³-hybridized carbons (Fsp3) is 0.315. The summed E-state index contributed by atoms with van der Waals surface area (Å²) in [5.41, 5.74) is 11.2. The summed E-state index contributed by atoms with van der Waals surface area (Å²) in [5, 5.41) is 5.62. The second-order valence-corrected chi connectivity index (χ2v) is 29.2. The van der Waals surface area contributed by atoms with Crippen molar-refractivity contribution in [2.75, 3.05) is 57.7 Å². The van der Waals surface area contributed by atoms with Crippen molar-refractivity contribution in [2.24, 2.45) is 5.73 Å². The van der Waals surface area contributed by atoms with Crippen LogP contribution in [0.2, 0.25) is 15.3 Å². The Bertz CT molecular complexity index is 4570. The maximum absolute atomic E-state index is 13.7. The van der Waals surface area contributed by atoms with E-state index in [1.165, 1.54) is 33.2 Å². The van der Waals surface area contributed by atoms with Gasteiger partial charge in [0.05, 0.1) is 54.7 Å². The standard InChI is InChI=1S/C36H37ClN6O4S.C18H11Cl2N3O2S.C18H27N3O2.CH4.ClH/c37-32-23-38-35(40-34(32)31-24-43(33-17-8-7-16-30(31)33)48(45,46)29-14-5-2-6-15-29)39-27-12-9-13-28(22-27)41-18-20-42(21-19-41)36(44)47-25-26-10-3-1-4-11-26;19-15-10-21-18(20)22-17(15)14-11-23(16-9-5-4-8-13(14)16)26(24,25)12-6-2-1-3-7-12;19-16-7-4-8-17(13-16)20-9-11-21(12-10-20)18(22)23-14-15-5-2-1-3-6-15;;/h1-8,10-11,14-17,23-24,27-28H,9,12-13,18-22,25H2,(H,38,39,40);1-11H;1-3,5-6,16-17H,4,7-14,19H2;1H4;1H/t27-,28+;;16-,17?;;/m1.1../s1. The van der Waals surface area contributed by atoms with E-state index in [1.807, 2.05) is 95.9 Å². The van der Waals surface area contributed by atoms with Crippen LogP contribution in [0.3, 0.4) is 0 Å². The van der Waals surface area contributed by atoms with Crippen molar-refractivity contribution in [3.05, 3.63) is 221 Å². The molecule has 10 aromatic rings. The normalized spacial score (nSPS) is 18.3. The molecule has 520 valence electrons. The fourth-order valence-electron chi connectivity index (χ4n) is 13.1. The second kappa shape index (κ2) is 33.8. The van der Waals surface area contributed by atoms with E-state index in [4.69, 9.17) is 55.0 Å². The third-order valence-corrected chi connectivity index (χ3v) is 22.3. The molecule has 6 aromatic carbocycles. The van der Waals surface area contributed by atoms with Crippen LogP contribution >= 0.6 is 47.2 Å². The Kier molecular flexibility index (Phi) is 25.1. The lowest BCUT2D eigenvalue weighted by Crippen LogP contribution is -2.53. The molecule has 0 spiro atoms. The van der Waals surface area contributed by atoms with Crippen molar-refractivity contribution in [3.8, 4) is 22.5 Å². The maximum atomic E-state index is 13.7. The van der Waals surface area contributed by atoms with Crippen molar-refractivity contribution >= 4 is 107 Å². The number of carbonyl (C=O) groups excluding carboxylic acids is 2. The molecule has 2 saturated carbocycles. The van der Waals surface area contributed by atoms with Gasteiger partial charge in [0, 0.05) is 111 Å². The zero-order chi connectivity index (χ0) is 67.5. The minimum Gasteiger partial charge on any atom is -0.445 e. The van der Waals surface area contributed by atoms with Gasteiger partial charge in [0.25, 0.3) is 20.0 Å². The second-order valence-electron chi connectivity index (χ2n) is 24.4. The van der Waals surface area contributed by atoms with E-state index in [0.717, 1.165) is 94.3 Å². The number of para-hydroxylation sites is 2. The highest BCUT2D eigenvalue weighted by atomic mass is 35.5. The van der Waals surface area contributed by atoms with Gasteiger partial charge < -0.3 is 30.3 Å². The predicted octanol–water partition coefficient (Wildman–Crippen LogP) is 14.6. The van der Waals surface area contributed by atoms with Gasteiger partial charge in [0.1, 0.15) is 13.2 Å². The third-order valence-electron chi connectivity index (χ3n) is 18.2. The van der Waals surface area contributed by atoms with Crippen LogP contribution in [0.25, 0.3) is 44.3 Å². The zero-order valence-corrected chi connectivity index (χ0v) is 58.4. The highest BCUT2D eigenvalue weighted by Crippen LogP contribution is 2.38. The summed E-state index contributed by atoms with van der Waals surface area (Å²) in [6.07, 6.45) is 14.4. The van der Waals surface area contributed by atoms with Crippen molar-refractivity contribution in [2.45, 2.75) is 106 Å². The molecule has 2 aliphatic heterocycles. The number of hydrogen-bond donors (Lipinski definition) is 2. The smallest absolute Gasteiger partial charge is 0.410 e. The van der Waals surface area contributed by atoms with E-state index in [1.54, 1.807) is 96.2 Å². The Hall–Kier alpha value is -8.16. The number of hydrogen-bond acceptors (Lipinski definition) is 16. The van der Waals surface area contributed by atoms with E-state index < -0.39 is 20.0 Å². The molecule has 14 rings (SSSR count). The van der Waals surface area contributed by atoms with Crippen molar-refractivity contribution in [3.63, 3.8) is 0 Å². The first kappa shape index (κ1) is 73.6. The summed E-state index contributed by atoms with van der Waals surface area (Å²) in [5.74, 6) is 0.453. The number of amides is 2. The molecule has 1 unspecified atom stereocenters. The molecule has 4 aliphatic rings. The molecule has 4 atom stereocenters. The molecule has 6 heterocycles. The topological polar surface area (TPSA) is 233 Å². The monoisotopic (exact) mass is 1460 g/mol. The molecular weight excluding hydrogens is 1380 g/mol. The van der Waals surface area contributed by atoms with Gasteiger partial charge >= 0.3 is 12.2 Å². The van der Waals surface area contributed by atoms with Crippen LogP contribution in [0.1, 0.15) is 69.9 Å². The van der Waals surface area contributed by atoms with Crippen LogP contribution in [0, 0.1) is 0 Å². The summed E-state index contributed by atoms with van der Waals surface area (Å²) < 4.78 is 67.0. The van der Waals surface area contributed by atoms with Gasteiger partial charge in [-0.2, -0.15) is 0 Å². The van der Waals surface area contributed by atoms with E-state index in [9.17, 15) is 26.4 Å². The molecule has 0 bridgehead atoms. The number of halogens is 4. The number of nitrogens with zero attached hydrogens (tertiary/aromatic N) is 10. The Labute approximate surface area is 599 Å². The summed E-state index contributed by atoms with van der Waals surface area (Å²) >= 11 is 18.8. The van der Waals surface area contributed by atoms with E-state index in [-0.39, 0.29) is 64.8 Å². The Morgan fingerprint density at radius 3 is 1.37 bits per heavy atom. The van der Waals surface area contributed by atoms with Crippen LogP contribution in [-0.2, 0) is 42.7 Å². The zero-order valence-electron chi connectivity index (χ0n) is 53.7. The average molecular weight is 1460 g/mol. The van der Waals surface area contributed by atoms with E-state index in [2.05, 4.69) is 30.1 Å². The molecule has 2 amide bonds. The Balaban J connectivity index is 0.000000175. The van der Waals surface area contributed by atoms with Gasteiger partial charge in [0.15, 0.2) is 0 Å². The first-order valence-corrected chi connectivity index (χ1v) is 36.5. The van der Waals surface area contributed by atoms with Gasteiger partial charge in [-0.1, -0.05) is 171 Å². The van der Waals surface area contributed by atoms with Gasteiger partial charge in [-0.05, 0) is 104 Å². The average Bonchev–Trinajstić information content (AvgIpc) is 1.62. The molecule has 26 heteroatoms. The molecule has 2 aliphatic carbocycles. The quantitative estimate of drug-likeness (QED) is 0.0963. The van der Waals surface area contributed by atoms with Gasteiger partial charge in [-0.3, -0.25) is 9.80 Å². The largest absolute Gasteiger partial charge is 0.445 e. The highest BCUT2D eigenvalue weighted by molar-refractivity contribution is 7.90. The third kappa shape index (κ3) is 17.7. The van der Waals surface area contributed by atoms with Gasteiger partial charge in [-0.15, -0.1) is 12.4 Å². The number of carbonyl (C=O) groups is 2. The summed E-state index contributed by atoms with van der Waals surface area (Å²) in [4.78, 5) is 51.2. The predicted molar refractivity (Wildman–Crippen MR) is 392 cm³/mol. The SMILES string of the molecule is C.Cl.N[C@@H]1CCCC(N2CCN(C(=O)OCc3ccccc3)CC2)C1.O=C(OCc1ccccc1)N1CCN([C@H]2CCC[C@@H](Nc3ncc(Cl)c(-c4cn(S(=O)(=O)c5ccccc5)c5ccccc45)n3)C2)CC1.O=S(=O)(c1ccccc1)n1cc(-c2nc(Cl)ncc2Cl)c2ccccc21. The Morgan fingerprint density at radius 2 is 0.909 bits per heavy atom. The molecule has 0 radical (unpaired) electrons. The molecule has 3 N–H and O–H groups in total. The Morgan fingerprint density at radius 1 is 0.505 bits per heavy atom. The van der Waals surface area contributed by atoms with Crippen molar-refractivity contribution in [1.82, 2.24) is 47.5 Å². The lowest BCUT2D eigenvalue weighted by Gasteiger charge is -2.42. The highest BCUT2D eigenvalue weighted by Gasteiger charge is 2.33. The molecule has 20 nitrogen and oxygen atoms in total. The van der Waals surface area contributed by atoms with Crippen LogP contribution in [0.5, 0.6) is 0 Å². The fourth-order valence-corrected chi connectivity index (χ4v) is 16.4. The van der Waals surface area contributed by atoms with Crippen molar-refractivity contribution in [1.29, 1.82) is 0 Å². The van der Waals surface area contributed by atoms with Gasteiger partial charge in [0.2, 0.25) is 11.2 Å². The molecule has 4 fully saturated rings. The number of nitrogens with two attached hydrogens (primary N) is 1. The van der Waals surface area contributed by atoms with Crippen LogP contribution in [0.15, 0.2) is 204 Å². The van der Waals surface area contributed by atoms with E-state index in [0.29, 0.717) is 87.7 Å². The minimum absolute atomic E-state index is 0. The number of aromatic nitrogens is 6. The van der Waals surface area contributed by atoms with Crippen LogP contribution in [-0.4, -0.2) is 153 Å². The summed E-state index contributed by atoms with van der Waals surface area (Å²) in [7, 11) is -7.64. The van der Waals surface area contributed by atoms with E-state index >= 15 is 0 Å². The minimum atomic E-state index is -3.86. The molecule has 2 saturated heterocycles. The van der Waals surface area contributed by atoms with Crippen molar-refractivity contribution < 1.29 is 35.9 Å². The number of nitrogens with one attached hydrogen (secondary N) is 1. The summed E-state index contributed by atoms with van der Waals surface area (Å²) in [6.45, 7) is 6.86. The molecule has 99 heavy (non-hydrogen) atoms. The molecular formula is C73H80Cl4N12O8S2. The lowest BCUT2D eigenvalue weighted by molar-refractivity contribution is 0.0510. The number of ether oxygens (including phenoxy) is 2. The number of piperazine rings is 2. The lowest BCUT2D eigenvalue weighted by atomic mass is 9.89. The first-order valence-electron chi connectivity index (χ1n) is 32.5. The number of rotatable bonds is 14. The van der Waals surface area contributed by atoms with Crippen LogP contribution < -0.4 is 11.1 Å². The first-order chi connectivity index (χ1) is 47.1.